The summed E-state index contributed by atoms with van der Waals surface area (Å²) >= 11 is 0. The fourth-order valence-electron chi connectivity index (χ4n) is 3.66. The van der Waals surface area contributed by atoms with Crippen molar-refractivity contribution in [3.8, 4) is 5.75 Å². The van der Waals surface area contributed by atoms with Crippen LogP contribution in [-0.2, 0) is 14.3 Å². The van der Waals surface area contributed by atoms with Gasteiger partial charge in [-0.1, -0.05) is 19.8 Å². The Kier molecular flexibility index (Phi) is 5.62. The average molecular weight is 378 g/mol. The average Bonchev–Trinajstić information content (AvgIpc) is 2.88. The number of ether oxygens (including phenoxy) is 2. The summed E-state index contributed by atoms with van der Waals surface area (Å²) in [4.78, 5) is 37.9. The Bertz CT molecular complexity index is 723. The zero-order chi connectivity index (χ0) is 19.4. The first-order valence-corrected chi connectivity index (χ1v) is 9.10. The van der Waals surface area contributed by atoms with Crippen molar-refractivity contribution >= 4 is 17.9 Å². The number of rotatable bonds is 6. The van der Waals surface area contributed by atoms with Crippen molar-refractivity contribution in [3.63, 3.8) is 0 Å². The smallest absolute Gasteiger partial charge is 0.326 e. The Labute approximate surface area is 156 Å². The van der Waals surface area contributed by atoms with Crippen LogP contribution < -0.4 is 10.1 Å². The third-order valence-electron chi connectivity index (χ3n) is 5.22. The van der Waals surface area contributed by atoms with Gasteiger partial charge in [0, 0.05) is 0 Å². The quantitative estimate of drug-likeness (QED) is 0.466. The molecule has 1 aliphatic carbocycles. The third kappa shape index (κ3) is 4.04. The summed E-state index contributed by atoms with van der Waals surface area (Å²) in [6.45, 7) is 1.57. The summed E-state index contributed by atoms with van der Waals surface area (Å²) < 4.78 is 23.2. The van der Waals surface area contributed by atoms with Gasteiger partial charge >= 0.3 is 12.0 Å². The molecule has 1 spiro atoms. The molecule has 0 bridgehead atoms. The first-order chi connectivity index (χ1) is 12.9. The molecule has 1 aromatic carbocycles. The second-order valence-corrected chi connectivity index (χ2v) is 6.96. The Morgan fingerprint density at radius 1 is 1.26 bits per heavy atom. The lowest BCUT2D eigenvalue weighted by molar-refractivity contribution is -0.149. The van der Waals surface area contributed by atoms with E-state index in [2.05, 4.69) is 5.32 Å². The van der Waals surface area contributed by atoms with Crippen molar-refractivity contribution in [2.24, 2.45) is 5.92 Å². The fourth-order valence-corrected chi connectivity index (χ4v) is 3.66. The van der Waals surface area contributed by atoms with Gasteiger partial charge in [-0.05, 0) is 43.0 Å². The molecule has 1 N–H and O–H groups in total. The molecule has 7 nitrogen and oxygen atoms in total. The lowest BCUT2D eigenvalue weighted by Crippen LogP contribution is -2.54. The number of urea groups is 1. The lowest BCUT2D eigenvalue weighted by Gasteiger charge is -2.36. The number of nitrogens with one attached hydrogen (secondary N) is 1. The van der Waals surface area contributed by atoms with Gasteiger partial charge in [0.1, 0.15) is 36.9 Å². The van der Waals surface area contributed by atoms with E-state index in [1.807, 2.05) is 6.92 Å². The molecule has 2 aliphatic rings. The van der Waals surface area contributed by atoms with Crippen LogP contribution in [0.3, 0.4) is 0 Å². The molecule has 3 amide bonds. The molecular weight excluding hydrogens is 355 g/mol. The van der Waals surface area contributed by atoms with E-state index in [1.54, 1.807) is 0 Å². The molecule has 0 unspecified atom stereocenters. The van der Waals surface area contributed by atoms with Crippen molar-refractivity contribution < 1.29 is 28.2 Å². The predicted octanol–water partition coefficient (Wildman–Crippen LogP) is 2.25. The monoisotopic (exact) mass is 378 g/mol. The Morgan fingerprint density at radius 2 is 2.00 bits per heavy atom. The number of carbonyl (C=O) groups excluding carboxylic acids is 3. The maximum Gasteiger partial charge on any atom is 0.326 e. The van der Waals surface area contributed by atoms with Crippen LogP contribution in [0.5, 0.6) is 5.75 Å². The van der Waals surface area contributed by atoms with Gasteiger partial charge in [-0.3, -0.25) is 14.5 Å². The number of hydrogen-bond donors (Lipinski definition) is 1. The maximum absolute atomic E-state index is 12.8. The van der Waals surface area contributed by atoms with Crippen molar-refractivity contribution in [3.05, 3.63) is 30.1 Å². The van der Waals surface area contributed by atoms with Crippen LogP contribution in [0.1, 0.15) is 32.6 Å². The standard InChI is InChI=1S/C19H23FN2O5/c1-13-4-2-3-9-19(13)17(24)22(18(25)21-19)12-16(23)27-11-10-26-15-7-5-14(20)6-8-15/h5-8,13H,2-4,9-12H2,1H3,(H,21,25)/t13-,19+/m1/s1. The van der Waals surface area contributed by atoms with Gasteiger partial charge in [-0.2, -0.15) is 0 Å². The molecule has 2 fully saturated rings. The molecule has 27 heavy (non-hydrogen) atoms. The van der Waals surface area contributed by atoms with E-state index < -0.39 is 24.1 Å². The van der Waals surface area contributed by atoms with Crippen LogP contribution in [0.2, 0.25) is 0 Å². The van der Waals surface area contributed by atoms with E-state index in [0.29, 0.717) is 12.2 Å². The molecule has 0 aromatic heterocycles. The molecule has 1 saturated heterocycles. The minimum absolute atomic E-state index is 0.0350. The second-order valence-electron chi connectivity index (χ2n) is 6.96. The summed E-state index contributed by atoms with van der Waals surface area (Å²) in [6.07, 6.45) is 3.36. The highest BCUT2D eigenvalue weighted by Gasteiger charge is 2.55. The van der Waals surface area contributed by atoms with Crippen molar-refractivity contribution in [1.82, 2.24) is 10.2 Å². The summed E-state index contributed by atoms with van der Waals surface area (Å²) in [5, 5.41) is 2.79. The topological polar surface area (TPSA) is 84.9 Å². The van der Waals surface area contributed by atoms with E-state index in [4.69, 9.17) is 9.47 Å². The van der Waals surface area contributed by atoms with E-state index in [-0.39, 0.29) is 30.9 Å². The molecule has 1 heterocycles. The summed E-state index contributed by atoms with van der Waals surface area (Å²) in [7, 11) is 0. The summed E-state index contributed by atoms with van der Waals surface area (Å²) in [6, 6.07) is 4.92. The van der Waals surface area contributed by atoms with Crippen LogP contribution >= 0.6 is 0 Å². The van der Waals surface area contributed by atoms with Gasteiger partial charge in [0.25, 0.3) is 5.91 Å². The van der Waals surface area contributed by atoms with Gasteiger partial charge in [0.2, 0.25) is 0 Å². The molecule has 0 radical (unpaired) electrons. The van der Waals surface area contributed by atoms with E-state index >= 15 is 0 Å². The van der Waals surface area contributed by atoms with Crippen LogP contribution in [0, 0.1) is 11.7 Å². The third-order valence-corrected chi connectivity index (χ3v) is 5.22. The Morgan fingerprint density at radius 3 is 2.70 bits per heavy atom. The van der Waals surface area contributed by atoms with Crippen LogP contribution in [0.25, 0.3) is 0 Å². The number of esters is 1. The van der Waals surface area contributed by atoms with E-state index in [9.17, 15) is 18.8 Å². The molecule has 1 saturated carbocycles. The minimum atomic E-state index is -0.888. The second kappa shape index (κ2) is 7.94. The van der Waals surface area contributed by atoms with Gasteiger partial charge in [-0.25, -0.2) is 9.18 Å². The Hall–Kier alpha value is -2.64. The first kappa shape index (κ1) is 19.1. The van der Waals surface area contributed by atoms with Crippen molar-refractivity contribution in [2.45, 2.75) is 38.1 Å². The predicted molar refractivity (Wildman–Crippen MR) is 93.5 cm³/mol. The van der Waals surface area contributed by atoms with Crippen LogP contribution in [0.4, 0.5) is 9.18 Å². The van der Waals surface area contributed by atoms with Gasteiger partial charge in [0.05, 0.1) is 0 Å². The largest absolute Gasteiger partial charge is 0.490 e. The van der Waals surface area contributed by atoms with Crippen molar-refractivity contribution in [2.75, 3.05) is 19.8 Å². The van der Waals surface area contributed by atoms with Crippen LogP contribution in [0.15, 0.2) is 24.3 Å². The lowest BCUT2D eigenvalue weighted by atomic mass is 9.73. The zero-order valence-corrected chi connectivity index (χ0v) is 15.2. The Balaban J connectivity index is 1.47. The highest BCUT2D eigenvalue weighted by molar-refractivity contribution is 6.08. The SMILES string of the molecule is C[C@@H]1CCCC[C@]12NC(=O)N(CC(=O)OCCOc1ccc(F)cc1)C2=O. The maximum atomic E-state index is 12.8. The van der Waals surface area contributed by atoms with Gasteiger partial charge in [0.15, 0.2) is 0 Å². The molecular formula is C19H23FN2O5. The number of carbonyl (C=O) groups is 3. The number of nitrogens with zero attached hydrogens (tertiary/aromatic N) is 1. The van der Waals surface area contributed by atoms with Crippen LogP contribution in [-0.4, -0.2) is 48.1 Å². The molecule has 2 atom stereocenters. The molecule has 1 aromatic rings. The van der Waals surface area contributed by atoms with E-state index in [0.717, 1.165) is 24.2 Å². The first-order valence-electron chi connectivity index (χ1n) is 9.10. The zero-order valence-electron chi connectivity index (χ0n) is 15.2. The summed E-state index contributed by atoms with van der Waals surface area (Å²) in [5.74, 6) is -0.907. The number of imide groups is 1. The van der Waals surface area contributed by atoms with Crippen molar-refractivity contribution in [1.29, 1.82) is 0 Å². The van der Waals surface area contributed by atoms with E-state index in [1.165, 1.54) is 24.3 Å². The molecule has 8 heteroatoms. The highest BCUT2D eigenvalue weighted by Crippen LogP contribution is 2.38. The fraction of sp³-hybridized carbons (Fsp3) is 0.526. The van der Waals surface area contributed by atoms with Gasteiger partial charge < -0.3 is 14.8 Å². The highest BCUT2D eigenvalue weighted by atomic mass is 19.1. The molecule has 1 aliphatic heterocycles. The number of amides is 3. The molecule has 146 valence electrons. The minimum Gasteiger partial charge on any atom is -0.490 e. The van der Waals surface area contributed by atoms with Gasteiger partial charge in [-0.15, -0.1) is 0 Å². The molecule has 3 rings (SSSR count). The number of halogens is 1. The summed E-state index contributed by atoms with van der Waals surface area (Å²) in [5.41, 5.74) is -0.888. The number of benzene rings is 1. The normalized spacial score (nSPS) is 24.8. The number of hydrogen-bond acceptors (Lipinski definition) is 5.